The Kier molecular flexibility index (Phi) is 7.33. The smallest absolute Gasteiger partial charge is 0.246 e. The molecule has 2 rings (SSSR count). The van der Waals surface area contributed by atoms with Crippen LogP contribution in [-0.2, 0) is 14.8 Å². The number of benzene rings is 1. The molecule has 5 nitrogen and oxygen atoms in total. The number of hydrogen-bond acceptors (Lipinski definition) is 3. The average molecular weight is 403 g/mol. The molecule has 0 aromatic heterocycles. The summed E-state index contributed by atoms with van der Waals surface area (Å²) in [5.41, 5.74) is 0. The van der Waals surface area contributed by atoms with Crippen LogP contribution in [0, 0.1) is 23.5 Å². The number of piperidine rings is 1. The van der Waals surface area contributed by atoms with Crippen molar-refractivity contribution in [2.45, 2.75) is 57.4 Å². The van der Waals surface area contributed by atoms with Crippen LogP contribution < -0.4 is 5.32 Å². The lowest BCUT2D eigenvalue weighted by atomic mass is 9.96. The molecule has 152 valence electrons. The third-order valence-electron chi connectivity index (χ3n) is 4.90. The highest BCUT2D eigenvalue weighted by Crippen LogP contribution is 2.26. The predicted molar refractivity (Wildman–Crippen MR) is 99.5 cm³/mol. The van der Waals surface area contributed by atoms with Gasteiger partial charge in [0.15, 0.2) is 0 Å². The SMILES string of the molecule is CC(C)CCC(C)NC(=O)C1CCN(S(=O)(=O)c2cc(F)ccc2F)CC1. The molecule has 1 aliphatic rings. The number of nitrogens with zero attached hydrogens (tertiary/aromatic N) is 1. The lowest BCUT2D eigenvalue weighted by Crippen LogP contribution is -2.45. The predicted octanol–water partition coefficient (Wildman–Crippen LogP) is 3.31. The zero-order valence-corrected chi connectivity index (χ0v) is 16.9. The number of carbonyl (C=O) groups excluding carboxylic acids is 1. The highest BCUT2D eigenvalue weighted by atomic mass is 32.2. The molecule has 0 saturated carbocycles. The van der Waals surface area contributed by atoms with Crippen LogP contribution in [0.25, 0.3) is 0 Å². The van der Waals surface area contributed by atoms with Gasteiger partial charge in [-0.15, -0.1) is 0 Å². The minimum atomic E-state index is -4.12. The summed E-state index contributed by atoms with van der Waals surface area (Å²) in [4.78, 5) is 11.7. The molecule has 0 radical (unpaired) electrons. The monoisotopic (exact) mass is 402 g/mol. The Morgan fingerprint density at radius 1 is 1.19 bits per heavy atom. The topological polar surface area (TPSA) is 66.5 Å². The zero-order chi connectivity index (χ0) is 20.2. The Bertz CT molecular complexity index is 760. The minimum Gasteiger partial charge on any atom is -0.353 e. The fourth-order valence-corrected chi connectivity index (χ4v) is 4.73. The first kappa shape index (κ1) is 21.8. The molecule has 1 atom stereocenters. The lowest BCUT2D eigenvalue weighted by molar-refractivity contribution is -0.126. The largest absolute Gasteiger partial charge is 0.353 e. The molecule has 1 aromatic carbocycles. The van der Waals surface area contributed by atoms with E-state index in [0.717, 1.165) is 29.3 Å². The van der Waals surface area contributed by atoms with Crippen LogP contribution in [-0.4, -0.2) is 37.8 Å². The number of amides is 1. The van der Waals surface area contributed by atoms with Gasteiger partial charge in [-0.25, -0.2) is 17.2 Å². The maximum atomic E-state index is 13.9. The van der Waals surface area contributed by atoms with Gasteiger partial charge < -0.3 is 5.32 Å². The standard InChI is InChI=1S/C19H28F2N2O3S/c1-13(2)4-5-14(3)22-19(24)15-8-10-23(11-9-15)27(25,26)18-12-16(20)6-7-17(18)21/h6-7,12-15H,4-5,8-11H2,1-3H3,(H,22,24). The second kappa shape index (κ2) is 9.10. The first-order chi connectivity index (χ1) is 12.6. The number of rotatable bonds is 7. The van der Waals surface area contributed by atoms with Crippen molar-refractivity contribution in [3.8, 4) is 0 Å². The van der Waals surface area contributed by atoms with Crippen molar-refractivity contribution < 1.29 is 22.0 Å². The molecule has 27 heavy (non-hydrogen) atoms. The molecule has 8 heteroatoms. The third-order valence-corrected chi connectivity index (χ3v) is 6.82. The van der Waals surface area contributed by atoms with Crippen LogP contribution in [0.5, 0.6) is 0 Å². The Morgan fingerprint density at radius 2 is 1.81 bits per heavy atom. The van der Waals surface area contributed by atoms with Crippen molar-refractivity contribution in [1.82, 2.24) is 9.62 Å². The van der Waals surface area contributed by atoms with E-state index in [2.05, 4.69) is 19.2 Å². The van der Waals surface area contributed by atoms with Gasteiger partial charge in [-0.05, 0) is 56.7 Å². The summed E-state index contributed by atoms with van der Waals surface area (Å²) in [6.07, 6.45) is 2.64. The molecular weight excluding hydrogens is 374 g/mol. The molecule has 1 fully saturated rings. The van der Waals surface area contributed by atoms with E-state index in [-0.39, 0.29) is 31.0 Å². The van der Waals surface area contributed by atoms with Crippen molar-refractivity contribution in [2.75, 3.05) is 13.1 Å². The van der Waals surface area contributed by atoms with Crippen LogP contribution in [0.3, 0.4) is 0 Å². The molecule has 0 aliphatic carbocycles. The first-order valence-corrected chi connectivity index (χ1v) is 10.8. The van der Waals surface area contributed by atoms with Crippen LogP contribution >= 0.6 is 0 Å². The van der Waals surface area contributed by atoms with E-state index in [1.807, 2.05) is 6.92 Å². The number of sulfonamides is 1. The Labute approximate surface area is 160 Å². The van der Waals surface area contributed by atoms with Crippen molar-refractivity contribution in [3.05, 3.63) is 29.8 Å². The number of nitrogens with one attached hydrogen (secondary N) is 1. The quantitative estimate of drug-likeness (QED) is 0.761. The summed E-state index contributed by atoms with van der Waals surface area (Å²) in [7, 11) is -4.12. The van der Waals surface area contributed by atoms with Gasteiger partial charge in [0, 0.05) is 25.0 Å². The van der Waals surface area contributed by atoms with Gasteiger partial charge in [-0.1, -0.05) is 13.8 Å². The maximum absolute atomic E-state index is 13.9. The summed E-state index contributed by atoms with van der Waals surface area (Å²) >= 11 is 0. The van der Waals surface area contributed by atoms with Crippen molar-refractivity contribution in [3.63, 3.8) is 0 Å². The summed E-state index contributed by atoms with van der Waals surface area (Å²) in [5, 5.41) is 2.99. The van der Waals surface area contributed by atoms with Gasteiger partial charge in [0.1, 0.15) is 16.5 Å². The summed E-state index contributed by atoms with van der Waals surface area (Å²) in [6, 6.07) is 2.45. The molecule has 1 heterocycles. The van der Waals surface area contributed by atoms with E-state index in [9.17, 15) is 22.0 Å². The second-order valence-electron chi connectivity index (χ2n) is 7.63. The van der Waals surface area contributed by atoms with Crippen LogP contribution in [0.4, 0.5) is 8.78 Å². The van der Waals surface area contributed by atoms with Gasteiger partial charge >= 0.3 is 0 Å². The number of halogens is 2. The van der Waals surface area contributed by atoms with E-state index in [0.29, 0.717) is 24.8 Å². The molecule has 1 saturated heterocycles. The number of carbonyl (C=O) groups is 1. The van der Waals surface area contributed by atoms with Crippen molar-refractivity contribution in [1.29, 1.82) is 0 Å². The first-order valence-electron chi connectivity index (χ1n) is 9.37. The summed E-state index contributed by atoms with van der Waals surface area (Å²) in [5.74, 6) is -1.55. The molecule has 0 spiro atoms. The average Bonchev–Trinajstić information content (AvgIpc) is 2.62. The normalized spacial score (nSPS) is 17.9. The zero-order valence-electron chi connectivity index (χ0n) is 16.0. The van der Waals surface area contributed by atoms with Crippen LogP contribution in [0.1, 0.15) is 46.5 Å². The highest BCUT2D eigenvalue weighted by molar-refractivity contribution is 7.89. The van der Waals surface area contributed by atoms with E-state index in [4.69, 9.17) is 0 Å². The van der Waals surface area contributed by atoms with Crippen molar-refractivity contribution in [2.24, 2.45) is 11.8 Å². The molecular formula is C19H28F2N2O3S. The third kappa shape index (κ3) is 5.72. The molecule has 1 amide bonds. The van der Waals surface area contributed by atoms with Gasteiger partial charge in [-0.3, -0.25) is 4.79 Å². The maximum Gasteiger partial charge on any atom is 0.246 e. The fourth-order valence-electron chi connectivity index (χ4n) is 3.19. The molecule has 1 aliphatic heterocycles. The van der Waals surface area contributed by atoms with E-state index in [1.54, 1.807) is 0 Å². The van der Waals surface area contributed by atoms with Crippen LogP contribution in [0.15, 0.2) is 23.1 Å². The Balaban J connectivity index is 1.94. The van der Waals surface area contributed by atoms with Crippen LogP contribution in [0.2, 0.25) is 0 Å². The summed E-state index contributed by atoms with van der Waals surface area (Å²) in [6.45, 7) is 6.44. The van der Waals surface area contributed by atoms with Crippen molar-refractivity contribution >= 4 is 15.9 Å². The molecule has 1 N–H and O–H groups in total. The van der Waals surface area contributed by atoms with E-state index < -0.39 is 26.6 Å². The van der Waals surface area contributed by atoms with Gasteiger partial charge in [0.2, 0.25) is 15.9 Å². The van der Waals surface area contributed by atoms with E-state index >= 15 is 0 Å². The number of hydrogen-bond donors (Lipinski definition) is 1. The second-order valence-corrected chi connectivity index (χ2v) is 9.54. The fraction of sp³-hybridized carbons (Fsp3) is 0.632. The molecule has 0 bridgehead atoms. The Morgan fingerprint density at radius 3 is 2.41 bits per heavy atom. The minimum absolute atomic E-state index is 0.0692. The lowest BCUT2D eigenvalue weighted by Gasteiger charge is -2.31. The van der Waals surface area contributed by atoms with E-state index in [1.165, 1.54) is 0 Å². The molecule has 1 unspecified atom stereocenters. The molecule has 1 aromatic rings. The summed E-state index contributed by atoms with van der Waals surface area (Å²) < 4.78 is 53.5. The highest BCUT2D eigenvalue weighted by Gasteiger charge is 2.34. The van der Waals surface area contributed by atoms with Gasteiger partial charge in [-0.2, -0.15) is 4.31 Å². The Hall–Kier alpha value is -1.54. The van der Waals surface area contributed by atoms with Gasteiger partial charge in [0.05, 0.1) is 0 Å². The van der Waals surface area contributed by atoms with Gasteiger partial charge in [0.25, 0.3) is 0 Å².